The molecular formula is C15H23N. The molecule has 0 aromatic heterocycles. The van der Waals surface area contributed by atoms with E-state index in [1.807, 2.05) is 0 Å². The fourth-order valence-corrected chi connectivity index (χ4v) is 2.19. The molecule has 2 rings (SSSR count). The van der Waals surface area contributed by atoms with Crippen LogP contribution >= 0.6 is 0 Å². The monoisotopic (exact) mass is 217 g/mol. The molecule has 0 bridgehead atoms. The van der Waals surface area contributed by atoms with Gasteiger partial charge in [-0.2, -0.15) is 0 Å². The molecule has 1 aliphatic carbocycles. The van der Waals surface area contributed by atoms with E-state index in [1.165, 1.54) is 48.9 Å². The number of nitrogens with one attached hydrogen (secondary N) is 1. The van der Waals surface area contributed by atoms with Crippen molar-refractivity contribution in [2.45, 2.75) is 46.1 Å². The normalized spacial score (nSPS) is 15.4. The van der Waals surface area contributed by atoms with E-state index in [9.17, 15) is 0 Å². The highest BCUT2D eigenvalue weighted by molar-refractivity contribution is 5.30. The van der Waals surface area contributed by atoms with Crippen molar-refractivity contribution in [1.82, 2.24) is 5.32 Å². The van der Waals surface area contributed by atoms with Crippen LogP contribution in [-0.2, 0) is 6.54 Å². The van der Waals surface area contributed by atoms with Crippen molar-refractivity contribution in [2.24, 2.45) is 5.92 Å². The van der Waals surface area contributed by atoms with Crippen LogP contribution in [0.5, 0.6) is 0 Å². The third-order valence-electron chi connectivity index (χ3n) is 3.48. The first-order valence-electron chi connectivity index (χ1n) is 6.52. The van der Waals surface area contributed by atoms with Crippen molar-refractivity contribution in [3.05, 3.63) is 34.9 Å². The average Bonchev–Trinajstić information content (AvgIpc) is 3.04. The van der Waals surface area contributed by atoms with Crippen LogP contribution in [0, 0.1) is 19.8 Å². The minimum Gasteiger partial charge on any atom is -0.313 e. The second-order valence-corrected chi connectivity index (χ2v) is 5.19. The Hall–Kier alpha value is -0.820. The minimum atomic E-state index is 1.02. The highest BCUT2D eigenvalue weighted by Gasteiger charge is 2.19. The standard InChI is InChI=1S/C15H23N/c1-12-5-8-15(13(2)10-12)11-16-9-3-4-14-6-7-14/h5,8,10,14,16H,3-4,6-7,9,11H2,1-2H3. The summed E-state index contributed by atoms with van der Waals surface area (Å²) in [5, 5.41) is 3.55. The molecule has 1 fully saturated rings. The van der Waals surface area contributed by atoms with Crippen molar-refractivity contribution in [2.75, 3.05) is 6.54 Å². The van der Waals surface area contributed by atoms with Gasteiger partial charge in [0.05, 0.1) is 0 Å². The first kappa shape index (κ1) is 11.7. The maximum Gasteiger partial charge on any atom is 0.0208 e. The maximum atomic E-state index is 3.55. The number of hydrogen-bond donors (Lipinski definition) is 1. The predicted molar refractivity (Wildman–Crippen MR) is 69.6 cm³/mol. The molecule has 1 aromatic carbocycles. The zero-order valence-electron chi connectivity index (χ0n) is 10.6. The molecule has 0 aliphatic heterocycles. The molecule has 88 valence electrons. The second-order valence-electron chi connectivity index (χ2n) is 5.19. The van der Waals surface area contributed by atoms with Gasteiger partial charge in [-0.25, -0.2) is 0 Å². The average molecular weight is 217 g/mol. The molecule has 0 amide bonds. The third kappa shape index (κ3) is 3.64. The Bertz CT molecular complexity index is 339. The van der Waals surface area contributed by atoms with Gasteiger partial charge in [0.1, 0.15) is 0 Å². The molecule has 16 heavy (non-hydrogen) atoms. The summed E-state index contributed by atoms with van der Waals surface area (Å²) in [6, 6.07) is 6.72. The second kappa shape index (κ2) is 5.49. The van der Waals surface area contributed by atoms with Crippen LogP contribution < -0.4 is 5.32 Å². The van der Waals surface area contributed by atoms with Crippen LogP contribution in [0.25, 0.3) is 0 Å². The highest BCUT2D eigenvalue weighted by Crippen LogP contribution is 2.33. The van der Waals surface area contributed by atoms with Crippen LogP contribution in [-0.4, -0.2) is 6.54 Å². The van der Waals surface area contributed by atoms with E-state index < -0.39 is 0 Å². The van der Waals surface area contributed by atoms with Crippen molar-refractivity contribution < 1.29 is 0 Å². The fourth-order valence-electron chi connectivity index (χ4n) is 2.19. The largest absolute Gasteiger partial charge is 0.313 e. The molecule has 0 atom stereocenters. The topological polar surface area (TPSA) is 12.0 Å². The van der Waals surface area contributed by atoms with Crippen molar-refractivity contribution in [1.29, 1.82) is 0 Å². The molecule has 1 N–H and O–H groups in total. The van der Waals surface area contributed by atoms with Crippen molar-refractivity contribution in [3.8, 4) is 0 Å². The molecule has 0 saturated heterocycles. The summed E-state index contributed by atoms with van der Waals surface area (Å²) in [6.45, 7) is 6.55. The number of rotatable bonds is 6. The summed E-state index contributed by atoms with van der Waals surface area (Å²) in [6.07, 6.45) is 5.74. The summed E-state index contributed by atoms with van der Waals surface area (Å²) < 4.78 is 0. The van der Waals surface area contributed by atoms with Gasteiger partial charge in [0, 0.05) is 6.54 Å². The van der Waals surface area contributed by atoms with Crippen LogP contribution in [0.3, 0.4) is 0 Å². The number of aryl methyl sites for hydroxylation is 2. The molecule has 1 aromatic rings. The van der Waals surface area contributed by atoms with Gasteiger partial charge < -0.3 is 5.32 Å². The SMILES string of the molecule is Cc1ccc(CNCCCC2CC2)c(C)c1. The van der Waals surface area contributed by atoms with E-state index >= 15 is 0 Å². The van der Waals surface area contributed by atoms with Gasteiger partial charge in [0.15, 0.2) is 0 Å². The van der Waals surface area contributed by atoms with Gasteiger partial charge in [-0.3, -0.25) is 0 Å². The smallest absolute Gasteiger partial charge is 0.0208 e. The Kier molecular flexibility index (Phi) is 4.00. The van der Waals surface area contributed by atoms with E-state index in [-0.39, 0.29) is 0 Å². The Morgan fingerprint density at radius 2 is 2.06 bits per heavy atom. The quantitative estimate of drug-likeness (QED) is 0.718. The van der Waals surface area contributed by atoms with Crippen LogP contribution in [0.15, 0.2) is 18.2 Å². The summed E-state index contributed by atoms with van der Waals surface area (Å²) in [5.74, 6) is 1.07. The number of benzene rings is 1. The molecule has 1 saturated carbocycles. The van der Waals surface area contributed by atoms with Crippen LogP contribution in [0.1, 0.15) is 42.4 Å². The lowest BCUT2D eigenvalue weighted by Crippen LogP contribution is -2.15. The lowest BCUT2D eigenvalue weighted by molar-refractivity contribution is 0.593. The molecule has 0 spiro atoms. The van der Waals surface area contributed by atoms with Crippen molar-refractivity contribution in [3.63, 3.8) is 0 Å². The molecule has 1 nitrogen and oxygen atoms in total. The van der Waals surface area contributed by atoms with Gasteiger partial charge in [0.2, 0.25) is 0 Å². The Morgan fingerprint density at radius 3 is 2.75 bits per heavy atom. The molecule has 0 unspecified atom stereocenters. The van der Waals surface area contributed by atoms with Crippen LogP contribution in [0.4, 0.5) is 0 Å². The van der Waals surface area contributed by atoms with Crippen molar-refractivity contribution >= 4 is 0 Å². The lowest BCUT2D eigenvalue weighted by atomic mass is 10.1. The molecule has 0 radical (unpaired) electrons. The van der Waals surface area contributed by atoms with E-state index in [0.29, 0.717) is 0 Å². The zero-order valence-corrected chi connectivity index (χ0v) is 10.6. The summed E-state index contributed by atoms with van der Waals surface area (Å²) in [7, 11) is 0. The Morgan fingerprint density at radius 1 is 1.25 bits per heavy atom. The minimum absolute atomic E-state index is 1.02. The van der Waals surface area contributed by atoms with E-state index in [2.05, 4.69) is 37.4 Å². The van der Waals surface area contributed by atoms with Gasteiger partial charge in [-0.05, 0) is 50.3 Å². The Balaban J connectivity index is 1.67. The van der Waals surface area contributed by atoms with Gasteiger partial charge >= 0.3 is 0 Å². The number of hydrogen-bond acceptors (Lipinski definition) is 1. The maximum absolute atomic E-state index is 3.55. The molecule has 0 heterocycles. The van der Waals surface area contributed by atoms with E-state index in [1.54, 1.807) is 0 Å². The molecule has 1 heteroatoms. The van der Waals surface area contributed by atoms with Gasteiger partial charge in [-0.1, -0.05) is 36.6 Å². The summed E-state index contributed by atoms with van der Waals surface area (Å²) >= 11 is 0. The van der Waals surface area contributed by atoms with E-state index in [0.717, 1.165) is 12.5 Å². The molecular weight excluding hydrogens is 194 g/mol. The summed E-state index contributed by atoms with van der Waals surface area (Å²) in [4.78, 5) is 0. The van der Waals surface area contributed by atoms with Gasteiger partial charge in [-0.15, -0.1) is 0 Å². The fraction of sp³-hybridized carbons (Fsp3) is 0.600. The zero-order chi connectivity index (χ0) is 11.4. The first-order valence-corrected chi connectivity index (χ1v) is 6.52. The summed E-state index contributed by atoms with van der Waals surface area (Å²) in [5.41, 5.74) is 4.21. The van der Waals surface area contributed by atoms with E-state index in [4.69, 9.17) is 0 Å². The third-order valence-corrected chi connectivity index (χ3v) is 3.48. The molecule has 1 aliphatic rings. The van der Waals surface area contributed by atoms with Crippen LogP contribution in [0.2, 0.25) is 0 Å². The predicted octanol–water partition coefficient (Wildman–Crippen LogP) is 3.58. The Labute approximate surface area is 99.3 Å². The highest BCUT2D eigenvalue weighted by atomic mass is 14.8. The lowest BCUT2D eigenvalue weighted by Gasteiger charge is -2.08. The first-order chi connectivity index (χ1) is 7.75. The van der Waals surface area contributed by atoms with Gasteiger partial charge in [0.25, 0.3) is 0 Å².